The van der Waals surface area contributed by atoms with E-state index in [1.807, 2.05) is 30.3 Å². The molecule has 116 valence electrons. The molecular formula is C17H26N2OS. The maximum Gasteiger partial charge on any atom is 0.233 e. The van der Waals surface area contributed by atoms with Crippen molar-refractivity contribution >= 4 is 18.5 Å². The molecule has 0 spiro atoms. The van der Waals surface area contributed by atoms with E-state index in [2.05, 4.69) is 36.7 Å². The SMILES string of the molecule is CC(C)N1CCC(CNC(=O)C(S)Cc2ccccc2)C1. The Morgan fingerprint density at radius 1 is 1.38 bits per heavy atom. The normalized spacial score (nSPS) is 20.7. The molecule has 0 saturated carbocycles. The van der Waals surface area contributed by atoms with Gasteiger partial charge in [-0.3, -0.25) is 4.79 Å². The molecule has 0 bridgehead atoms. The van der Waals surface area contributed by atoms with E-state index in [1.54, 1.807) is 0 Å². The van der Waals surface area contributed by atoms with Gasteiger partial charge in [0.25, 0.3) is 0 Å². The third kappa shape index (κ3) is 5.04. The van der Waals surface area contributed by atoms with Gasteiger partial charge in [0.15, 0.2) is 0 Å². The number of nitrogens with one attached hydrogen (secondary N) is 1. The van der Waals surface area contributed by atoms with E-state index in [0.717, 1.165) is 25.2 Å². The van der Waals surface area contributed by atoms with Gasteiger partial charge in [0.2, 0.25) is 5.91 Å². The quantitative estimate of drug-likeness (QED) is 0.791. The van der Waals surface area contributed by atoms with Crippen molar-refractivity contribution in [2.45, 2.75) is 38.0 Å². The Labute approximate surface area is 133 Å². The summed E-state index contributed by atoms with van der Waals surface area (Å²) in [7, 11) is 0. The molecule has 1 amide bonds. The Morgan fingerprint density at radius 2 is 2.10 bits per heavy atom. The Hall–Kier alpha value is -1.00. The first-order valence-corrected chi connectivity index (χ1v) is 8.31. The predicted molar refractivity (Wildman–Crippen MR) is 90.7 cm³/mol. The summed E-state index contributed by atoms with van der Waals surface area (Å²) in [6, 6.07) is 10.6. The van der Waals surface area contributed by atoms with Gasteiger partial charge in [-0.15, -0.1) is 0 Å². The molecule has 1 aliphatic heterocycles. The minimum absolute atomic E-state index is 0.0465. The number of hydrogen-bond acceptors (Lipinski definition) is 3. The van der Waals surface area contributed by atoms with Crippen LogP contribution in [-0.4, -0.2) is 41.7 Å². The largest absolute Gasteiger partial charge is 0.355 e. The number of amides is 1. The van der Waals surface area contributed by atoms with Crippen LogP contribution >= 0.6 is 12.6 Å². The number of nitrogens with zero attached hydrogens (tertiary/aromatic N) is 1. The second kappa shape index (κ2) is 7.85. The van der Waals surface area contributed by atoms with Crippen molar-refractivity contribution in [2.75, 3.05) is 19.6 Å². The highest BCUT2D eigenvalue weighted by Gasteiger charge is 2.25. The number of hydrogen-bond donors (Lipinski definition) is 2. The molecule has 1 fully saturated rings. The Kier molecular flexibility index (Phi) is 6.12. The van der Waals surface area contributed by atoms with Gasteiger partial charge in [0.1, 0.15) is 0 Å². The molecule has 0 aliphatic carbocycles. The van der Waals surface area contributed by atoms with Crippen molar-refractivity contribution in [3.63, 3.8) is 0 Å². The number of thiol groups is 1. The highest BCUT2D eigenvalue weighted by molar-refractivity contribution is 7.81. The molecule has 1 aliphatic rings. The van der Waals surface area contributed by atoms with E-state index in [9.17, 15) is 4.79 Å². The topological polar surface area (TPSA) is 32.3 Å². The van der Waals surface area contributed by atoms with E-state index in [1.165, 1.54) is 6.42 Å². The zero-order valence-corrected chi connectivity index (χ0v) is 13.9. The van der Waals surface area contributed by atoms with E-state index in [0.29, 0.717) is 18.4 Å². The molecule has 0 aromatic heterocycles. The second-order valence-corrected chi connectivity index (χ2v) is 6.82. The first kappa shape index (κ1) is 16.4. The van der Waals surface area contributed by atoms with E-state index in [-0.39, 0.29) is 11.2 Å². The van der Waals surface area contributed by atoms with E-state index in [4.69, 9.17) is 0 Å². The maximum atomic E-state index is 12.1. The summed E-state index contributed by atoms with van der Waals surface area (Å²) in [5.41, 5.74) is 1.15. The number of carbonyl (C=O) groups excluding carboxylic acids is 1. The fourth-order valence-electron chi connectivity index (χ4n) is 2.79. The minimum Gasteiger partial charge on any atom is -0.355 e. The predicted octanol–water partition coefficient (Wildman–Crippen LogP) is 2.37. The lowest BCUT2D eigenvalue weighted by molar-refractivity contribution is -0.120. The summed E-state index contributed by atoms with van der Waals surface area (Å²) in [6.07, 6.45) is 1.85. The first-order valence-electron chi connectivity index (χ1n) is 7.80. The monoisotopic (exact) mass is 306 g/mol. The molecule has 21 heavy (non-hydrogen) atoms. The van der Waals surface area contributed by atoms with Gasteiger partial charge in [-0.2, -0.15) is 12.6 Å². The summed E-state index contributed by atoms with van der Waals surface area (Å²) in [5.74, 6) is 0.624. The summed E-state index contributed by atoms with van der Waals surface area (Å²) in [4.78, 5) is 14.6. The molecule has 4 heteroatoms. The van der Waals surface area contributed by atoms with Crippen molar-refractivity contribution < 1.29 is 4.79 Å². The molecule has 1 N–H and O–H groups in total. The number of benzene rings is 1. The van der Waals surface area contributed by atoms with Crippen LogP contribution < -0.4 is 5.32 Å². The van der Waals surface area contributed by atoms with Gasteiger partial charge >= 0.3 is 0 Å². The van der Waals surface area contributed by atoms with Crippen LogP contribution in [0.5, 0.6) is 0 Å². The van der Waals surface area contributed by atoms with Crippen LogP contribution in [0.2, 0.25) is 0 Å². The molecule has 1 saturated heterocycles. The van der Waals surface area contributed by atoms with Crippen molar-refractivity contribution in [1.29, 1.82) is 0 Å². The van der Waals surface area contributed by atoms with E-state index < -0.39 is 0 Å². The Morgan fingerprint density at radius 3 is 2.71 bits per heavy atom. The summed E-state index contributed by atoms with van der Waals surface area (Å²) < 4.78 is 0. The van der Waals surface area contributed by atoms with Crippen LogP contribution in [0, 0.1) is 5.92 Å². The fraction of sp³-hybridized carbons (Fsp3) is 0.588. The minimum atomic E-state index is -0.269. The van der Waals surface area contributed by atoms with Gasteiger partial charge in [0, 0.05) is 19.1 Å². The standard InChI is InChI=1S/C17H26N2OS/c1-13(2)19-9-8-15(12-19)11-18-17(20)16(21)10-14-6-4-3-5-7-14/h3-7,13,15-16,21H,8-12H2,1-2H3,(H,18,20). The van der Waals surface area contributed by atoms with Gasteiger partial charge in [-0.25, -0.2) is 0 Å². The van der Waals surface area contributed by atoms with Crippen LogP contribution in [0.1, 0.15) is 25.8 Å². The number of carbonyl (C=O) groups is 1. The van der Waals surface area contributed by atoms with Crippen molar-refractivity contribution in [3.05, 3.63) is 35.9 Å². The van der Waals surface area contributed by atoms with Crippen molar-refractivity contribution in [2.24, 2.45) is 5.92 Å². The average Bonchev–Trinajstić information content (AvgIpc) is 2.95. The molecule has 1 aromatic carbocycles. The van der Waals surface area contributed by atoms with Gasteiger partial charge in [0.05, 0.1) is 5.25 Å². The van der Waals surface area contributed by atoms with Crippen LogP contribution in [0.3, 0.4) is 0 Å². The number of rotatable bonds is 6. The molecular weight excluding hydrogens is 280 g/mol. The molecule has 0 radical (unpaired) electrons. The molecule has 1 heterocycles. The van der Waals surface area contributed by atoms with Crippen molar-refractivity contribution in [1.82, 2.24) is 10.2 Å². The smallest absolute Gasteiger partial charge is 0.233 e. The average molecular weight is 306 g/mol. The van der Waals surface area contributed by atoms with Gasteiger partial charge in [-0.1, -0.05) is 30.3 Å². The summed E-state index contributed by atoms with van der Waals surface area (Å²) in [5, 5.41) is 2.79. The highest BCUT2D eigenvalue weighted by Crippen LogP contribution is 2.17. The summed E-state index contributed by atoms with van der Waals surface area (Å²) >= 11 is 4.44. The second-order valence-electron chi connectivity index (χ2n) is 6.19. The fourth-order valence-corrected chi connectivity index (χ4v) is 3.09. The van der Waals surface area contributed by atoms with Crippen LogP contribution in [0.25, 0.3) is 0 Å². The van der Waals surface area contributed by atoms with Crippen LogP contribution in [0.15, 0.2) is 30.3 Å². The molecule has 2 rings (SSSR count). The molecule has 1 aromatic rings. The highest BCUT2D eigenvalue weighted by atomic mass is 32.1. The van der Waals surface area contributed by atoms with Crippen LogP contribution in [0.4, 0.5) is 0 Å². The van der Waals surface area contributed by atoms with Gasteiger partial charge < -0.3 is 10.2 Å². The first-order chi connectivity index (χ1) is 10.1. The Balaban J connectivity index is 1.72. The molecule has 2 unspecified atom stereocenters. The third-order valence-corrected chi connectivity index (χ3v) is 4.60. The lowest BCUT2D eigenvalue weighted by Crippen LogP contribution is -2.37. The summed E-state index contributed by atoms with van der Waals surface area (Å²) in [6.45, 7) is 7.46. The van der Waals surface area contributed by atoms with Crippen LogP contribution in [-0.2, 0) is 11.2 Å². The zero-order chi connectivity index (χ0) is 15.2. The van der Waals surface area contributed by atoms with Gasteiger partial charge in [-0.05, 0) is 44.7 Å². The molecule has 2 atom stereocenters. The number of likely N-dealkylation sites (tertiary alicyclic amines) is 1. The van der Waals surface area contributed by atoms with E-state index >= 15 is 0 Å². The maximum absolute atomic E-state index is 12.1. The van der Waals surface area contributed by atoms with Crippen molar-refractivity contribution in [3.8, 4) is 0 Å². The third-order valence-electron chi connectivity index (χ3n) is 4.19. The molecule has 3 nitrogen and oxygen atoms in total. The lowest BCUT2D eigenvalue weighted by atomic mass is 10.1. The zero-order valence-electron chi connectivity index (χ0n) is 13.0. The lowest BCUT2D eigenvalue weighted by Gasteiger charge is -2.20. The Bertz CT molecular complexity index is 449.